The van der Waals surface area contributed by atoms with Gasteiger partial charge < -0.3 is 9.47 Å². The van der Waals surface area contributed by atoms with Crippen LogP contribution >= 0.6 is 0 Å². The number of ether oxygens (including phenoxy) is 2. The Labute approximate surface area is 102 Å². The maximum absolute atomic E-state index is 11.8. The fraction of sp³-hybridized carbons (Fsp3) is 0.538. The SMILES string of the molecule is C#CCC(CCCC=C)(C(=O)OC)C(=O)OC. The smallest absolute Gasteiger partial charge is 0.324 e. The number of methoxy groups -OCH3 is 2. The summed E-state index contributed by atoms with van der Waals surface area (Å²) in [5.74, 6) is 1.04. The Bertz CT molecular complexity index is 309. The number of hydrogen-bond acceptors (Lipinski definition) is 4. The molecule has 0 amide bonds. The van der Waals surface area contributed by atoms with Crippen LogP contribution in [-0.2, 0) is 19.1 Å². The zero-order chi connectivity index (χ0) is 13.3. The van der Waals surface area contributed by atoms with Gasteiger partial charge in [0.05, 0.1) is 14.2 Å². The zero-order valence-corrected chi connectivity index (χ0v) is 10.3. The Hall–Kier alpha value is -1.76. The molecule has 0 rings (SSSR count). The topological polar surface area (TPSA) is 52.6 Å². The molecule has 0 atom stereocenters. The van der Waals surface area contributed by atoms with Crippen molar-refractivity contribution in [3.05, 3.63) is 12.7 Å². The minimum atomic E-state index is -1.39. The van der Waals surface area contributed by atoms with Crippen LogP contribution in [-0.4, -0.2) is 26.2 Å². The molecule has 0 spiro atoms. The third kappa shape index (κ3) is 3.63. The van der Waals surface area contributed by atoms with Crippen LogP contribution in [0.3, 0.4) is 0 Å². The lowest BCUT2D eigenvalue weighted by Crippen LogP contribution is -2.41. The van der Waals surface area contributed by atoms with Crippen LogP contribution in [0.2, 0.25) is 0 Å². The molecule has 0 radical (unpaired) electrons. The van der Waals surface area contributed by atoms with Gasteiger partial charge in [0.25, 0.3) is 0 Å². The van der Waals surface area contributed by atoms with Gasteiger partial charge in [0, 0.05) is 6.42 Å². The fourth-order valence-corrected chi connectivity index (χ4v) is 1.63. The molecule has 94 valence electrons. The van der Waals surface area contributed by atoms with E-state index in [4.69, 9.17) is 6.42 Å². The van der Waals surface area contributed by atoms with Crippen molar-refractivity contribution in [3.63, 3.8) is 0 Å². The quantitative estimate of drug-likeness (QED) is 0.223. The molecule has 0 N–H and O–H groups in total. The number of allylic oxidation sites excluding steroid dienone is 1. The number of terminal acetylenes is 1. The number of carbonyl (C=O) groups is 2. The molecule has 17 heavy (non-hydrogen) atoms. The number of rotatable bonds is 7. The lowest BCUT2D eigenvalue weighted by Gasteiger charge is -2.25. The average Bonchev–Trinajstić information content (AvgIpc) is 2.35. The van der Waals surface area contributed by atoms with Gasteiger partial charge in [-0.15, -0.1) is 18.9 Å². The van der Waals surface area contributed by atoms with Gasteiger partial charge in [-0.2, -0.15) is 0 Å². The highest BCUT2D eigenvalue weighted by Gasteiger charge is 2.47. The predicted octanol–water partition coefficient (Wildman–Crippen LogP) is 1.70. The van der Waals surface area contributed by atoms with E-state index < -0.39 is 17.4 Å². The lowest BCUT2D eigenvalue weighted by molar-refractivity contribution is -0.169. The second-order valence-corrected chi connectivity index (χ2v) is 3.63. The second-order valence-electron chi connectivity index (χ2n) is 3.63. The summed E-state index contributed by atoms with van der Waals surface area (Å²) in [4.78, 5) is 23.5. The van der Waals surface area contributed by atoms with Crippen LogP contribution in [0.5, 0.6) is 0 Å². The van der Waals surface area contributed by atoms with Crippen molar-refractivity contribution in [3.8, 4) is 12.3 Å². The fourth-order valence-electron chi connectivity index (χ4n) is 1.63. The molecule has 0 bridgehead atoms. The van der Waals surface area contributed by atoms with Crippen molar-refractivity contribution < 1.29 is 19.1 Å². The molecular formula is C13H18O4. The van der Waals surface area contributed by atoms with Gasteiger partial charge in [0.2, 0.25) is 0 Å². The average molecular weight is 238 g/mol. The second kappa shape index (κ2) is 7.50. The summed E-state index contributed by atoms with van der Waals surface area (Å²) in [5.41, 5.74) is -1.39. The minimum Gasteiger partial charge on any atom is -0.468 e. The molecule has 0 saturated carbocycles. The summed E-state index contributed by atoms with van der Waals surface area (Å²) in [5, 5.41) is 0. The van der Waals surface area contributed by atoms with Gasteiger partial charge in [-0.1, -0.05) is 6.08 Å². The molecule has 0 aliphatic carbocycles. The standard InChI is InChI=1S/C13H18O4/c1-5-7-8-10-13(9-6-2,11(14)16-3)12(15)17-4/h2,5H,1,7-10H2,3-4H3. The summed E-state index contributed by atoms with van der Waals surface area (Å²) < 4.78 is 9.32. The summed E-state index contributed by atoms with van der Waals surface area (Å²) >= 11 is 0. The number of hydrogen-bond donors (Lipinski definition) is 0. The molecule has 0 fully saturated rings. The summed E-state index contributed by atoms with van der Waals surface area (Å²) in [6, 6.07) is 0. The van der Waals surface area contributed by atoms with Gasteiger partial charge >= 0.3 is 11.9 Å². The Morgan fingerprint density at radius 2 is 1.88 bits per heavy atom. The van der Waals surface area contributed by atoms with E-state index in [1.165, 1.54) is 14.2 Å². The summed E-state index contributed by atoms with van der Waals surface area (Å²) in [7, 11) is 2.45. The molecule has 4 heteroatoms. The van der Waals surface area contributed by atoms with Gasteiger partial charge in [0.1, 0.15) is 0 Å². The van der Waals surface area contributed by atoms with Crippen LogP contribution in [0, 0.1) is 17.8 Å². The van der Waals surface area contributed by atoms with Crippen molar-refractivity contribution in [1.82, 2.24) is 0 Å². The Morgan fingerprint density at radius 3 is 2.24 bits per heavy atom. The van der Waals surface area contributed by atoms with Gasteiger partial charge in [-0.25, -0.2) is 0 Å². The Kier molecular flexibility index (Phi) is 6.73. The third-order valence-electron chi connectivity index (χ3n) is 2.57. The van der Waals surface area contributed by atoms with Crippen LogP contribution in [0.4, 0.5) is 0 Å². The number of unbranched alkanes of at least 4 members (excludes halogenated alkanes) is 1. The molecule has 0 aliphatic rings. The van der Waals surface area contributed by atoms with Crippen LogP contribution in [0.15, 0.2) is 12.7 Å². The summed E-state index contributed by atoms with van der Waals surface area (Å²) in [6.45, 7) is 3.58. The van der Waals surface area contributed by atoms with Gasteiger partial charge in [0.15, 0.2) is 5.41 Å². The number of carbonyl (C=O) groups excluding carboxylic acids is 2. The summed E-state index contributed by atoms with van der Waals surface area (Å²) in [6.07, 6.45) is 8.52. The first-order valence-corrected chi connectivity index (χ1v) is 5.30. The maximum Gasteiger partial charge on any atom is 0.324 e. The Morgan fingerprint density at radius 1 is 1.35 bits per heavy atom. The van der Waals surface area contributed by atoms with Crippen LogP contribution in [0.25, 0.3) is 0 Å². The minimum absolute atomic E-state index is 0.0243. The van der Waals surface area contributed by atoms with E-state index in [0.29, 0.717) is 19.3 Å². The molecule has 0 aromatic heterocycles. The van der Waals surface area contributed by atoms with E-state index in [1.807, 2.05) is 0 Å². The normalized spacial score (nSPS) is 10.2. The van der Waals surface area contributed by atoms with Gasteiger partial charge in [-0.3, -0.25) is 9.59 Å². The molecular weight excluding hydrogens is 220 g/mol. The molecule has 0 saturated heterocycles. The van der Waals surface area contributed by atoms with Crippen molar-refractivity contribution in [2.45, 2.75) is 25.7 Å². The maximum atomic E-state index is 11.8. The first kappa shape index (κ1) is 15.2. The monoisotopic (exact) mass is 238 g/mol. The van der Waals surface area contributed by atoms with E-state index in [9.17, 15) is 9.59 Å². The zero-order valence-electron chi connectivity index (χ0n) is 10.3. The lowest BCUT2D eigenvalue weighted by atomic mass is 9.79. The predicted molar refractivity (Wildman–Crippen MR) is 64.0 cm³/mol. The highest BCUT2D eigenvalue weighted by Crippen LogP contribution is 2.32. The Balaban J connectivity index is 5.10. The van der Waals surface area contributed by atoms with Crippen LogP contribution in [0.1, 0.15) is 25.7 Å². The van der Waals surface area contributed by atoms with E-state index >= 15 is 0 Å². The van der Waals surface area contributed by atoms with E-state index in [2.05, 4.69) is 22.0 Å². The largest absolute Gasteiger partial charge is 0.468 e. The van der Waals surface area contributed by atoms with Crippen molar-refractivity contribution in [1.29, 1.82) is 0 Å². The molecule has 0 unspecified atom stereocenters. The van der Waals surface area contributed by atoms with E-state index in [-0.39, 0.29) is 6.42 Å². The van der Waals surface area contributed by atoms with E-state index in [1.54, 1.807) is 6.08 Å². The molecule has 0 aromatic carbocycles. The van der Waals surface area contributed by atoms with Gasteiger partial charge in [-0.05, 0) is 19.3 Å². The van der Waals surface area contributed by atoms with Crippen molar-refractivity contribution in [2.75, 3.05) is 14.2 Å². The number of esters is 2. The third-order valence-corrected chi connectivity index (χ3v) is 2.57. The van der Waals surface area contributed by atoms with Crippen molar-refractivity contribution in [2.24, 2.45) is 5.41 Å². The first-order valence-electron chi connectivity index (χ1n) is 5.30. The molecule has 0 aromatic rings. The molecule has 0 aliphatic heterocycles. The molecule has 4 nitrogen and oxygen atoms in total. The van der Waals surface area contributed by atoms with Crippen molar-refractivity contribution >= 4 is 11.9 Å². The first-order chi connectivity index (χ1) is 8.08. The van der Waals surface area contributed by atoms with E-state index in [0.717, 1.165) is 0 Å². The van der Waals surface area contributed by atoms with Crippen LogP contribution < -0.4 is 0 Å². The highest BCUT2D eigenvalue weighted by molar-refractivity contribution is 6.00. The highest BCUT2D eigenvalue weighted by atomic mass is 16.5. The molecule has 0 heterocycles.